The largest absolute Gasteiger partial charge is 0.480 e. The molecule has 1 rings (SSSR count). The third-order valence-corrected chi connectivity index (χ3v) is 2.54. The van der Waals surface area contributed by atoms with Gasteiger partial charge in [0.15, 0.2) is 0 Å². The van der Waals surface area contributed by atoms with Crippen LogP contribution in [0.1, 0.15) is 6.42 Å². The van der Waals surface area contributed by atoms with E-state index in [0.29, 0.717) is 4.90 Å². The van der Waals surface area contributed by atoms with Crippen LogP contribution in [-0.4, -0.2) is 62.2 Å². The van der Waals surface area contributed by atoms with E-state index >= 15 is 0 Å². The van der Waals surface area contributed by atoms with Crippen LogP contribution in [0.15, 0.2) is 0 Å². The molecule has 9 heteroatoms. The smallest absolute Gasteiger partial charge is 0.394 e. The second-order valence-electron chi connectivity index (χ2n) is 3.76. The van der Waals surface area contributed by atoms with Crippen molar-refractivity contribution in [3.8, 4) is 0 Å². The van der Waals surface area contributed by atoms with Gasteiger partial charge in [-0.2, -0.15) is 0 Å². The monoisotopic (exact) mass is 246 g/mol. The molecule has 1 fully saturated rings. The van der Waals surface area contributed by atoms with E-state index in [1.54, 1.807) is 0 Å². The minimum atomic E-state index is -1.94. The summed E-state index contributed by atoms with van der Waals surface area (Å²) in [6.07, 6.45) is -0.531. The van der Waals surface area contributed by atoms with Gasteiger partial charge in [0.25, 0.3) is 0 Å². The highest BCUT2D eigenvalue weighted by molar-refractivity contribution is 6.32. The minimum Gasteiger partial charge on any atom is -0.480 e. The second kappa shape index (κ2) is 4.01. The first-order valence-corrected chi connectivity index (χ1v) is 4.48. The average Bonchev–Trinajstić information content (AvgIpc) is 2.56. The van der Waals surface area contributed by atoms with Crippen molar-refractivity contribution in [3.63, 3.8) is 0 Å². The third kappa shape index (κ3) is 2.18. The molecule has 1 amide bonds. The summed E-state index contributed by atoms with van der Waals surface area (Å²) in [6, 6.07) is -1.54. The molecule has 0 radical (unpaired) electrons. The maximum Gasteiger partial charge on any atom is 0.394 e. The average molecular weight is 246 g/mol. The number of carbonyl (C=O) groups is 4. The molecule has 0 aromatic rings. The van der Waals surface area contributed by atoms with Gasteiger partial charge in [-0.15, -0.1) is 0 Å². The number of nitrogens with zero attached hydrogens (tertiary/aromatic N) is 1. The Balaban J connectivity index is 3.04. The molecule has 0 aromatic carbocycles. The third-order valence-electron chi connectivity index (χ3n) is 2.54. The SMILES string of the molecule is N[C@]1(C(=O)O)C[C@H](C(=O)O)N(C(=O)C(=O)O)C1. The van der Waals surface area contributed by atoms with Crippen molar-refractivity contribution < 1.29 is 34.5 Å². The van der Waals surface area contributed by atoms with E-state index in [-0.39, 0.29) is 0 Å². The first-order valence-electron chi connectivity index (χ1n) is 4.48. The van der Waals surface area contributed by atoms with Gasteiger partial charge in [0.05, 0.1) is 6.54 Å². The molecule has 1 heterocycles. The number of hydrogen-bond donors (Lipinski definition) is 4. The van der Waals surface area contributed by atoms with Crippen LogP contribution >= 0.6 is 0 Å². The zero-order valence-electron chi connectivity index (χ0n) is 8.49. The van der Waals surface area contributed by atoms with Crippen LogP contribution in [-0.2, 0) is 19.2 Å². The van der Waals surface area contributed by atoms with Crippen LogP contribution < -0.4 is 5.73 Å². The number of amides is 1. The Morgan fingerprint density at radius 1 is 1.18 bits per heavy atom. The van der Waals surface area contributed by atoms with E-state index in [2.05, 4.69) is 0 Å². The maximum atomic E-state index is 11.2. The number of carboxylic acid groups (broad SMARTS) is 3. The molecule has 0 spiro atoms. The quantitative estimate of drug-likeness (QED) is 0.390. The van der Waals surface area contributed by atoms with Gasteiger partial charge in [0.1, 0.15) is 11.6 Å². The lowest BCUT2D eigenvalue weighted by atomic mass is 9.98. The predicted octanol–water partition coefficient (Wildman–Crippen LogP) is -2.46. The van der Waals surface area contributed by atoms with Crippen molar-refractivity contribution in [2.45, 2.75) is 18.0 Å². The van der Waals surface area contributed by atoms with Crippen molar-refractivity contribution >= 4 is 23.8 Å². The molecule has 0 bridgehead atoms. The maximum absolute atomic E-state index is 11.2. The van der Waals surface area contributed by atoms with Crippen molar-refractivity contribution in [2.24, 2.45) is 5.73 Å². The summed E-state index contributed by atoms with van der Waals surface area (Å²) < 4.78 is 0. The van der Waals surface area contributed by atoms with Crippen molar-refractivity contribution in [2.75, 3.05) is 6.54 Å². The van der Waals surface area contributed by atoms with Crippen molar-refractivity contribution in [1.29, 1.82) is 0 Å². The highest BCUT2D eigenvalue weighted by Crippen LogP contribution is 2.26. The molecule has 0 saturated carbocycles. The zero-order chi connectivity index (χ0) is 13.4. The van der Waals surface area contributed by atoms with Crippen LogP contribution in [0.4, 0.5) is 0 Å². The lowest BCUT2D eigenvalue weighted by Gasteiger charge is -2.19. The van der Waals surface area contributed by atoms with Crippen LogP contribution in [0.5, 0.6) is 0 Å². The summed E-state index contributed by atoms with van der Waals surface area (Å²) in [6.45, 7) is -0.648. The van der Waals surface area contributed by atoms with Gasteiger partial charge in [0, 0.05) is 6.42 Å². The molecule has 0 aromatic heterocycles. The first-order chi connectivity index (χ1) is 7.69. The van der Waals surface area contributed by atoms with Crippen LogP contribution in [0.3, 0.4) is 0 Å². The number of likely N-dealkylation sites (tertiary alicyclic amines) is 1. The second-order valence-corrected chi connectivity index (χ2v) is 3.76. The summed E-state index contributed by atoms with van der Waals surface area (Å²) in [5.74, 6) is -6.31. The fourth-order valence-electron chi connectivity index (χ4n) is 1.65. The van der Waals surface area contributed by atoms with Crippen molar-refractivity contribution in [1.82, 2.24) is 4.90 Å². The first kappa shape index (κ1) is 12.9. The molecule has 1 saturated heterocycles. The molecular formula is C8H10N2O7. The van der Waals surface area contributed by atoms with Gasteiger partial charge in [-0.3, -0.25) is 9.59 Å². The summed E-state index contributed by atoms with van der Waals surface area (Å²) in [7, 11) is 0. The Labute approximate surface area is 94.4 Å². The number of carboxylic acids is 3. The molecule has 9 nitrogen and oxygen atoms in total. The molecular weight excluding hydrogens is 236 g/mol. The minimum absolute atomic E-state index is 0.443. The van der Waals surface area contributed by atoms with Crippen LogP contribution in [0.25, 0.3) is 0 Å². The lowest BCUT2D eigenvalue weighted by molar-refractivity contribution is -0.159. The standard InChI is InChI=1S/C8H10N2O7/c9-8(7(16)17)1-3(5(12)13)10(2-8)4(11)6(14)15/h3H,1-2,9H2,(H,12,13)(H,14,15)(H,16,17)/t3-,8-/m1/s1. The summed E-state index contributed by atoms with van der Waals surface area (Å²) in [4.78, 5) is 43.7. The predicted molar refractivity (Wildman–Crippen MR) is 49.9 cm³/mol. The van der Waals surface area contributed by atoms with Gasteiger partial charge in [-0.1, -0.05) is 0 Å². The molecule has 2 atom stereocenters. The topological polar surface area (TPSA) is 158 Å². The Hall–Kier alpha value is -2.16. The zero-order valence-corrected chi connectivity index (χ0v) is 8.49. The van der Waals surface area contributed by atoms with Gasteiger partial charge < -0.3 is 26.0 Å². The Kier molecular flexibility index (Phi) is 3.05. The number of aliphatic carboxylic acids is 3. The number of carbonyl (C=O) groups excluding carboxylic acids is 1. The van der Waals surface area contributed by atoms with Crippen LogP contribution in [0, 0.1) is 0 Å². The molecule has 17 heavy (non-hydrogen) atoms. The lowest BCUT2D eigenvalue weighted by Crippen LogP contribution is -2.51. The van der Waals surface area contributed by atoms with Gasteiger partial charge in [-0.25, -0.2) is 9.59 Å². The number of rotatable bonds is 2. The van der Waals surface area contributed by atoms with E-state index in [1.807, 2.05) is 0 Å². The normalized spacial score (nSPS) is 27.8. The fourth-order valence-corrected chi connectivity index (χ4v) is 1.65. The molecule has 0 unspecified atom stereocenters. The molecule has 94 valence electrons. The van der Waals surface area contributed by atoms with Gasteiger partial charge in [0.2, 0.25) is 0 Å². The molecule has 0 aliphatic carbocycles. The Morgan fingerprint density at radius 2 is 1.71 bits per heavy atom. The molecule has 1 aliphatic rings. The van der Waals surface area contributed by atoms with E-state index in [1.165, 1.54) is 0 Å². The summed E-state index contributed by atoms with van der Waals surface area (Å²) in [5.41, 5.74) is 3.47. The number of nitrogens with two attached hydrogens (primary N) is 1. The van der Waals surface area contributed by atoms with E-state index in [9.17, 15) is 19.2 Å². The van der Waals surface area contributed by atoms with Gasteiger partial charge in [-0.05, 0) is 0 Å². The van der Waals surface area contributed by atoms with E-state index in [0.717, 1.165) is 0 Å². The Morgan fingerprint density at radius 3 is 2.06 bits per heavy atom. The Bertz CT molecular complexity index is 407. The molecule has 1 aliphatic heterocycles. The van der Waals surface area contributed by atoms with E-state index in [4.69, 9.17) is 21.1 Å². The fraction of sp³-hybridized carbons (Fsp3) is 0.500. The van der Waals surface area contributed by atoms with E-state index < -0.39 is 48.4 Å². The summed E-state index contributed by atoms with van der Waals surface area (Å²) in [5, 5.41) is 26.1. The summed E-state index contributed by atoms with van der Waals surface area (Å²) >= 11 is 0. The van der Waals surface area contributed by atoms with Crippen molar-refractivity contribution in [3.05, 3.63) is 0 Å². The highest BCUT2D eigenvalue weighted by atomic mass is 16.4. The number of hydrogen-bond acceptors (Lipinski definition) is 5. The highest BCUT2D eigenvalue weighted by Gasteiger charge is 2.52. The molecule has 5 N–H and O–H groups in total. The van der Waals surface area contributed by atoms with Gasteiger partial charge >= 0.3 is 23.8 Å². The van der Waals surface area contributed by atoms with Crippen LogP contribution in [0.2, 0.25) is 0 Å².